The zero-order chi connectivity index (χ0) is 16.1. The van der Waals surface area contributed by atoms with Gasteiger partial charge in [0.25, 0.3) is 0 Å². The number of amides is 1. The van der Waals surface area contributed by atoms with Gasteiger partial charge in [0.1, 0.15) is 5.03 Å². The first-order chi connectivity index (χ1) is 11.0. The van der Waals surface area contributed by atoms with Crippen LogP contribution in [0.3, 0.4) is 0 Å². The van der Waals surface area contributed by atoms with Crippen LogP contribution in [-0.4, -0.2) is 46.6 Å². The van der Waals surface area contributed by atoms with Crippen LogP contribution in [0.15, 0.2) is 11.2 Å². The van der Waals surface area contributed by atoms with Gasteiger partial charge in [0.05, 0.1) is 28.1 Å². The van der Waals surface area contributed by atoms with Crippen molar-refractivity contribution < 1.29 is 13.2 Å². The summed E-state index contributed by atoms with van der Waals surface area (Å²) in [6.07, 6.45) is 5.39. The van der Waals surface area contributed by atoms with Crippen molar-refractivity contribution in [1.82, 2.24) is 9.97 Å². The van der Waals surface area contributed by atoms with Crippen LogP contribution in [0.25, 0.3) is 0 Å². The molecule has 1 atom stereocenters. The molecule has 2 fully saturated rings. The van der Waals surface area contributed by atoms with Gasteiger partial charge >= 0.3 is 0 Å². The van der Waals surface area contributed by atoms with E-state index >= 15 is 0 Å². The molecule has 1 aliphatic carbocycles. The summed E-state index contributed by atoms with van der Waals surface area (Å²) >= 11 is 1.39. The van der Waals surface area contributed by atoms with Crippen LogP contribution in [0.4, 0.5) is 11.6 Å². The maximum absolute atomic E-state index is 12.3. The van der Waals surface area contributed by atoms with E-state index in [1.165, 1.54) is 11.8 Å². The average molecular weight is 354 g/mol. The summed E-state index contributed by atoms with van der Waals surface area (Å²) in [5.41, 5.74) is 0.637. The van der Waals surface area contributed by atoms with Gasteiger partial charge in [-0.3, -0.25) is 4.79 Å². The molecule has 7 nitrogen and oxygen atoms in total. The predicted octanol–water partition coefficient (Wildman–Crippen LogP) is 1.43. The van der Waals surface area contributed by atoms with Gasteiger partial charge in [0.15, 0.2) is 9.84 Å². The van der Waals surface area contributed by atoms with E-state index in [1.54, 1.807) is 6.20 Å². The fourth-order valence-corrected chi connectivity index (χ4v) is 6.68. The number of rotatable bonds is 2. The highest BCUT2D eigenvalue weighted by Crippen LogP contribution is 2.47. The number of sulfone groups is 1. The second-order valence-corrected chi connectivity index (χ2v) is 9.91. The lowest BCUT2D eigenvalue weighted by atomic mass is 9.79. The highest BCUT2D eigenvalue weighted by Gasteiger charge is 2.52. The third-order valence-electron chi connectivity index (χ3n) is 4.98. The van der Waals surface area contributed by atoms with Gasteiger partial charge in [-0.25, -0.2) is 18.4 Å². The van der Waals surface area contributed by atoms with Crippen LogP contribution < -0.4 is 10.6 Å². The Morgan fingerprint density at radius 1 is 1.39 bits per heavy atom. The van der Waals surface area contributed by atoms with Crippen molar-refractivity contribution >= 4 is 39.1 Å². The maximum Gasteiger partial charge on any atom is 0.234 e. The monoisotopic (exact) mass is 354 g/mol. The van der Waals surface area contributed by atoms with Gasteiger partial charge in [-0.2, -0.15) is 0 Å². The number of anilines is 2. The Morgan fingerprint density at radius 2 is 2.22 bits per heavy atom. The summed E-state index contributed by atoms with van der Waals surface area (Å²) in [6.45, 7) is 0. The second-order valence-electron chi connectivity index (χ2n) is 6.44. The summed E-state index contributed by atoms with van der Waals surface area (Å²) in [6, 6.07) is 0.0834. The minimum atomic E-state index is -2.96. The molecule has 1 aromatic rings. The Morgan fingerprint density at radius 3 is 2.96 bits per heavy atom. The highest BCUT2D eigenvalue weighted by atomic mass is 32.2. The number of thioether (sulfide) groups is 1. The predicted molar refractivity (Wildman–Crippen MR) is 88.4 cm³/mol. The van der Waals surface area contributed by atoms with E-state index in [2.05, 4.69) is 20.6 Å². The molecule has 3 aliphatic rings. The molecule has 0 aromatic carbocycles. The van der Waals surface area contributed by atoms with Crippen LogP contribution in [0.2, 0.25) is 0 Å². The molecule has 1 amide bonds. The molecule has 1 unspecified atom stereocenters. The van der Waals surface area contributed by atoms with E-state index in [4.69, 9.17) is 0 Å². The van der Waals surface area contributed by atoms with Crippen LogP contribution >= 0.6 is 11.8 Å². The molecule has 2 aliphatic heterocycles. The molecule has 23 heavy (non-hydrogen) atoms. The molecule has 124 valence electrons. The molecule has 1 saturated heterocycles. The van der Waals surface area contributed by atoms with Crippen molar-refractivity contribution in [3.8, 4) is 0 Å². The Balaban J connectivity index is 1.50. The quantitative estimate of drug-likeness (QED) is 0.775. The SMILES string of the molecule is O=C1CSc2nc(NC3CCS(=O)(=O)C4(CCC4)C3)ncc2N1. The number of carbonyl (C=O) groups excluding carboxylic acids is 1. The third kappa shape index (κ3) is 2.59. The van der Waals surface area contributed by atoms with Crippen LogP contribution in [0, 0.1) is 0 Å². The fraction of sp³-hybridized carbons (Fsp3) is 0.643. The number of hydrogen-bond donors (Lipinski definition) is 2. The third-order valence-corrected chi connectivity index (χ3v) is 8.64. The van der Waals surface area contributed by atoms with E-state index in [-0.39, 0.29) is 17.7 Å². The molecule has 3 heterocycles. The number of nitrogens with zero attached hydrogens (tertiary/aromatic N) is 2. The lowest BCUT2D eigenvalue weighted by Gasteiger charge is -2.46. The van der Waals surface area contributed by atoms with Crippen molar-refractivity contribution in [2.75, 3.05) is 22.1 Å². The molecular formula is C14H18N4O3S2. The van der Waals surface area contributed by atoms with E-state index in [0.717, 1.165) is 24.3 Å². The van der Waals surface area contributed by atoms with Crippen molar-refractivity contribution in [2.24, 2.45) is 0 Å². The summed E-state index contributed by atoms with van der Waals surface area (Å²) in [5.74, 6) is 1.05. The largest absolute Gasteiger partial charge is 0.351 e. The zero-order valence-corrected chi connectivity index (χ0v) is 14.2. The smallest absolute Gasteiger partial charge is 0.234 e. The van der Waals surface area contributed by atoms with Crippen LogP contribution in [0.5, 0.6) is 0 Å². The van der Waals surface area contributed by atoms with Crippen LogP contribution in [-0.2, 0) is 14.6 Å². The Hall–Kier alpha value is -1.35. The van der Waals surface area contributed by atoms with E-state index < -0.39 is 14.6 Å². The number of aromatic nitrogens is 2. The molecule has 1 saturated carbocycles. The Kier molecular flexibility index (Phi) is 3.53. The summed E-state index contributed by atoms with van der Waals surface area (Å²) in [7, 11) is -2.96. The van der Waals surface area contributed by atoms with Gasteiger partial charge < -0.3 is 10.6 Å². The number of fused-ring (bicyclic) bond motifs is 1. The van der Waals surface area contributed by atoms with Gasteiger partial charge in [-0.1, -0.05) is 18.2 Å². The molecule has 1 spiro atoms. The van der Waals surface area contributed by atoms with Crippen molar-refractivity contribution in [3.05, 3.63) is 6.20 Å². The minimum Gasteiger partial charge on any atom is -0.351 e. The molecular weight excluding hydrogens is 336 g/mol. The lowest BCUT2D eigenvalue weighted by molar-refractivity contribution is -0.113. The number of nitrogens with one attached hydrogen (secondary N) is 2. The Bertz CT molecular complexity index is 761. The van der Waals surface area contributed by atoms with Crippen molar-refractivity contribution in [1.29, 1.82) is 0 Å². The summed E-state index contributed by atoms with van der Waals surface area (Å²) in [5, 5.41) is 6.79. The van der Waals surface area contributed by atoms with E-state index in [1.807, 2.05) is 0 Å². The van der Waals surface area contributed by atoms with Crippen molar-refractivity contribution in [3.63, 3.8) is 0 Å². The van der Waals surface area contributed by atoms with Gasteiger partial charge in [-0.15, -0.1) is 0 Å². The molecule has 0 bridgehead atoms. The fourth-order valence-electron chi connectivity index (χ4n) is 3.54. The molecule has 2 N–H and O–H groups in total. The normalized spacial score (nSPS) is 27.7. The number of carbonyl (C=O) groups is 1. The van der Waals surface area contributed by atoms with Crippen LogP contribution in [0.1, 0.15) is 32.1 Å². The lowest BCUT2D eigenvalue weighted by Crippen LogP contribution is -2.53. The second kappa shape index (κ2) is 5.34. The highest BCUT2D eigenvalue weighted by molar-refractivity contribution is 8.00. The Labute approximate surface area is 139 Å². The molecule has 0 radical (unpaired) electrons. The topological polar surface area (TPSA) is 101 Å². The molecule has 9 heteroatoms. The standard InChI is InChI=1S/C14H18N4O3S2/c19-11-8-22-12-10(17-11)7-15-13(18-12)16-9-2-5-23(20,21)14(6-9)3-1-4-14/h7,9H,1-6,8H2,(H,17,19)(H,15,16,18). The van der Waals surface area contributed by atoms with E-state index in [0.29, 0.717) is 30.2 Å². The average Bonchev–Trinajstić information content (AvgIpc) is 2.47. The van der Waals surface area contributed by atoms with Crippen molar-refractivity contribution in [2.45, 2.75) is 47.9 Å². The minimum absolute atomic E-state index is 0.0452. The maximum atomic E-state index is 12.3. The van der Waals surface area contributed by atoms with Gasteiger partial charge in [0.2, 0.25) is 11.9 Å². The van der Waals surface area contributed by atoms with E-state index in [9.17, 15) is 13.2 Å². The first-order valence-electron chi connectivity index (χ1n) is 7.76. The zero-order valence-electron chi connectivity index (χ0n) is 12.5. The first kappa shape index (κ1) is 15.2. The van der Waals surface area contributed by atoms with Gasteiger partial charge in [0, 0.05) is 6.04 Å². The van der Waals surface area contributed by atoms with Gasteiger partial charge in [-0.05, 0) is 25.7 Å². The summed E-state index contributed by atoms with van der Waals surface area (Å²) in [4.78, 5) is 20.0. The summed E-state index contributed by atoms with van der Waals surface area (Å²) < 4.78 is 24.1. The molecule has 4 rings (SSSR count). The first-order valence-corrected chi connectivity index (χ1v) is 10.4. The number of hydrogen-bond acceptors (Lipinski definition) is 7. The molecule has 1 aromatic heterocycles.